The predicted octanol–water partition coefficient (Wildman–Crippen LogP) is 4.12. The third kappa shape index (κ3) is 4.91. The van der Waals surface area contributed by atoms with Crippen LogP contribution in [0.2, 0.25) is 10.0 Å². The number of pyridine rings is 1. The highest BCUT2D eigenvalue weighted by Crippen LogP contribution is 2.33. The lowest BCUT2D eigenvalue weighted by Crippen LogP contribution is -2.49. The van der Waals surface area contributed by atoms with Gasteiger partial charge in [0.1, 0.15) is 17.6 Å². The van der Waals surface area contributed by atoms with Crippen molar-refractivity contribution in [1.82, 2.24) is 20.2 Å². The van der Waals surface area contributed by atoms with Crippen molar-refractivity contribution in [3.8, 4) is 0 Å². The Bertz CT molecular complexity index is 1010. The molecule has 11 heteroatoms. The number of thioether (sulfide) groups is 1. The Morgan fingerprint density at radius 2 is 1.83 bits per heavy atom. The number of ether oxygens (including phenoxy) is 1. The largest absolute Gasteiger partial charge is 0.449 e. The van der Waals surface area contributed by atoms with Crippen LogP contribution in [0.25, 0.3) is 11.0 Å². The predicted molar refractivity (Wildman–Crippen MR) is 117 cm³/mol. The van der Waals surface area contributed by atoms with Crippen molar-refractivity contribution in [2.45, 2.75) is 5.75 Å². The molecule has 0 saturated carbocycles. The normalized spacial score (nSPS) is 14.3. The van der Waals surface area contributed by atoms with E-state index >= 15 is 0 Å². The number of hydrogen-bond donors (Lipinski definition) is 0. The number of piperazine rings is 1. The fourth-order valence-corrected chi connectivity index (χ4v) is 4.57. The summed E-state index contributed by atoms with van der Waals surface area (Å²) in [7, 11) is 0. The number of rotatable bonds is 6. The van der Waals surface area contributed by atoms with Gasteiger partial charge in [-0.2, -0.15) is 11.8 Å². The van der Waals surface area contributed by atoms with Crippen LogP contribution in [0.1, 0.15) is 5.56 Å². The van der Waals surface area contributed by atoms with Crippen LogP contribution in [0.4, 0.5) is 10.5 Å². The number of fused-ring (bicyclic) bond motifs is 1. The van der Waals surface area contributed by atoms with E-state index in [4.69, 9.17) is 32.6 Å². The molecular formula is C19H19Cl2N5O3S. The van der Waals surface area contributed by atoms with Crippen LogP contribution in [-0.2, 0) is 10.5 Å². The van der Waals surface area contributed by atoms with Crippen LogP contribution < -0.4 is 4.90 Å². The van der Waals surface area contributed by atoms with Crippen molar-refractivity contribution in [1.29, 1.82) is 0 Å². The molecule has 1 saturated heterocycles. The lowest BCUT2D eigenvalue weighted by atomic mass is 10.2. The van der Waals surface area contributed by atoms with Gasteiger partial charge in [-0.15, -0.1) is 0 Å². The van der Waals surface area contributed by atoms with Crippen molar-refractivity contribution in [2.24, 2.45) is 0 Å². The average Bonchev–Trinajstić information content (AvgIpc) is 3.22. The first kappa shape index (κ1) is 21.0. The monoisotopic (exact) mass is 467 g/mol. The first-order valence-electron chi connectivity index (χ1n) is 9.36. The molecular weight excluding hydrogens is 449 g/mol. The fourth-order valence-electron chi connectivity index (χ4n) is 3.21. The van der Waals surface area contributed by atoms with Gasteiger partial charge in [0.25, 0.3) is 0 Å². The van der Waals surface area contributed by atoms with Gasteiger partial charge in [0.2, 0.25) is 0 Å². The Morgan fingerprint density at radius 3 is 2.60 bits per heavy atom. The summed E-state index contributed by atoms with van der Waals surface area (Å²) >= 11 is 14.1. The number of nitrogens with zero attached hydrogens (tertiary/aromatic N) is 5. The van der Waals surface area contributed by atoms with Gasteiger partial charge in [-0.3, -0.25) is 4.98 Å². The highest BCUT2D eigenvalue weighted by molar-refractivity contribution is 7.98. The number of hydrogen-bond acceptors (Lipinski definition) is 8. The first-order chi connectivity index (χ1) is 14.6. The molecule has 3 heterocycles. The number of carbonyl (C=O) groups is 1. The molecule has 0 spiro atoms. The van der Waals surface area contributed by atoms with E-state index in [1.165, 1.54) is 0 Å². The van der Waals surface area contributed by atoms with Crippen LogP contribution >= 0.6 is 35.0 Å². The summed E-state index contributed by atoms with van der Waals surface area (Å²) in [5.41, 5.74) is 3.37. The summed E-state index contributed by atoms with van der Waals surface area (Å²) in [6, 6.07) is 5.83. The van der Waals surface area contributed by atoms with Gasteiger partial charge in [-0.05, 0) is 28.0 Å². The second-order valence-corrected chi connectivity index (χ2v) is 8.60. The third-order valence-electron chi connectivity index (χ3n) is 4.72. The minimum absolute atomic E-state index is 0.294. The zero-order valence-corrected chi connectivity index (χ0v) is 18.3. The Morgan fingerprint density at radius 1 is 1.10 bits per heavy atom. The Balaban J connectivity index is 1.17. The molecule has 0 N–H and O–H groups in total. The van der Waals surface area contributed by atoms with E-state index in [0.717, 1.165) is 28.0 Å². The smallest absolute Gasteiger partial charge is 0.409 e. The molecule has 0 bridgehead atoms. The van der Waals surface area contributed by atoms with Crippen LogP contribution in [0.5, 0.6) is 0 Å². The maximum atomic E-state index is 12.3. The van der Waals surface area contributed by atoms with Crippen LogP contribution in [-0.4, -0.2) is 64.8 Å². The number of benzene rings is 1. The lowest BCUT2D eigenvalue weighted by Gasteiger charge is -2.36. The van der Waals surface area contributed by atoms with E-state index in [0.29, 0.717) is 48.6 Å². The SMILES string of the molecule is O=C(OCCSCc1ccc2nonc2c1)N1CCN(c2c(Cl)cncc2Cl)CC1. The molecule has 1 amide bonds. The second-order valence-electron chi connectivity index (χ2n) is 6.68. The van der Waals surface area contributed by atoms with E-state index in [-0.39, 0.29) is 6.09 Å². The van der Waals surface area contributed by atoms with E-state index in [9.17, 15) is 4.79 Å². The number of aromatic nitrogens is 3. The molecule has 158 valence electrons. The van der Waals surface area contributed by atoms with Gasteiger partial charge in [0, 0.05) is 50.1 Å². The summed E-state index contributed by atoms with van der Waals surface area (Å²) in [5, 5.41) is 8.65. The standard InChI is InChI=1S/C19H19Cl2N5O3S/c20-14-10-22-11-15(21)18(14)25-3-5-26(6-4-25)19(27)28-7-8-30-12-13-1-2-16-17(9-13)24-29-23-16/h1-2,9-11H,3-8,12H2. The average molecular weight is 468 g/mol. The van der Waals surface area contributed by atoms with Gasteiger partial charge in [0.05, 0.1) is 15.7 Å². The molecule has 3 aromatic rings. The summed E-state index contributed by atoms with van der Waals surface area (Å²) in [6.07, 6.45) is 2.85. The molecule has 8 nitrogen and oxygen atoms in total. The van der Waals surface area contributed by atoms with Crippen molar-refractivity contribution in [2.75, 3.05) is 43.4 Å². The van der Waals surface area contributed by atoms with Crippen LogP contribution in [0.15, 0.2) is 35.2 Å². The number of amides is 1. The molecule has 1 aliphatic rings. The third-order valence-corrected chi connectivity index (χ3v) is 6.27. The molecule has 4 rings (SSSR count). The van der Waals surface area contributed by atoms with Crippen molar-refractivity contribution < 1.29 is 14.2 Å². The number of carbonyl (C=O) groups excluding carboxylic acids is 1. The van der Waals surface area contributed by atoms with Crippen molar-refractivity contribution in [3.05, 3.63) is 46.2 Å². The Hall–Kier alpha value is -2.23. The van der Waals surface area contributed by atoms with E-state index in [2.05, 4.69) is 20.2 Å². The molecule has 1 aliphatic heterocycles. The van der Waals surface area contributed by atoms with Crippen molar-refractivity contribution in [3.63, 3.8) is 0 Å². The van der Waals surface area contributed by atoms with E-state index in [1.807, 2.05) is 18.2 Å². The van der Waals surface area contributed by atoms with Gasteiger partial charge in [0.15, 0.2) is 0 Å². The maximum absolute atomic E-state index is 12.3. The summed E-state index contributed by atoms with van der Waals surface area (Å²) in [5.74, 6) is 1.51. The quantitative estimate of drug-likeness (QED) is 0.500. The van der Waals surface area contributed by atoms with Crippen molar-refractivity contribution >= 4 is 57.8 Å². The van der Waals surface area contributed by atoms with E-state index < -0.39 is 0 Å². The summed E-state index contributed by atoms with van der Waals surface area (Å²) in [4.78, 5) is 20.1. The molecule has 2 aromatic heterocycles. The molecule has 1 fully saturated rings. The molecule has 0 unspecified atom stereocenters. The zero-order chi connectivity index (χ0) is 20.9. The number of anilines is 1. The Kier molecular flexibility index (Phi) is 6.81. The van der Waals surface area contributed by atoms with Crippen LogP contribution in [0, 0.1) is 0 Å². The first-order valence-corrected chi connectivity index (χ1v) is 11.3. The van der Waals surface area contributed by atoms with Crippen LogP contribution in [0.3, 0.4) is 0 Å². The minimum atomic E-state index is -0.294. The van der Waals surface area contributed by atoms with Gasteiger partial charge < -0.3 is 14.5 Å². The van der Waals surface area contributed by atoms with Gasteiger partial charge >= 0.3 is 6.09 Å². The highest BCUT2D eigenvalue weighted by atomic mass is 35.5. The topological polar surface area (TPSA) is 84.6 Å². The molecule has 30 heavy (non-hydrogen) atoms. The summed E-state index contributed by atoms with van der Waals surface area (Å²) in [6.45, 7) is 2.72. The number of halogens is 2. The second kappa shape index (κ2) is 9.72. The van der Waals surface area contributed by atoms with E-state index in [1.54, 1.807) is 29.1 Å². The zero-order valence-electron chi connectivity index (χ0n) is 16.0. The van der Waals surface area contributed by atoms with Gasteiger partial charge in [-0.1, -0.05) is 29.3 Å². The molecule has 1 aromatic carbocycles. The lowest BCUT2D eigenvalue weighted by molar-refractivity contribution is 0.106. The van der Waals surface area contributed by atoms with Gasteiger partial charge in [-0.25, -0.2) is 9.42 Å². The minimum Gasteiger partial charge on any atom is -0.449 e. The molecule has 0 radical (unpaired) electrons. The summed E-state index contributed by atoms with van der Waals surface area (Å²) < 4.78 is 10.1. The molecule has 0 aliphatic carbocycles. The fraction of sp³-hybridized carbons (Fsp3) is 0.368. The Labute approximate surface area is 187 Å². The molecule has 0 atom stereocenters. The highest BCUT2D eigenvalue weighted by Gasteiger charge is 2.24. The maximum Gasteiger partial charge on any atom is 0.409 e.